The highest BCUT2D eigenvalue weighted by atomic mass is 32.1. The van der Waals surface area contributed by atoms with Gasteiger partial charge in [0.2, 0.25) is 0 Å². The zero-order valence-corrected chi connectivity index (χ0v) is 13.5. The third-order valence-corrected chi connectivity index (χ3v) is 4.18. The minimum atomic E-state index is -0.115. The van der Waals surface area contributed by atoms with Gasteiger partial charge in [-0.2, -0.15) is 0 Å². The second-order valence-corrected chi connectivity index (χ2v) is 5.75. The van der Waals surface area contributed by atoms with Gasteiger partial charge in [0, 0.05) is 13.1 Å². The van der Waals surface area contributed by atoms with Gasteiger partial charge in [0.25, 0.3) is 5.91 Å². The van der Waals surface area contributed by atoms with Crippen molar-refractivity contribution in [3.8, 4) is 11.5 Å². The van der Waals surface area contributed by atoms with Crippen LogP contribution in [-0.4, -0.2) is 53.8 Å². The summed E-state index contributed by atoms with van der Waals surface area (Å²) in [5.41, 5.74) is 0.366. The SMILES string of the molecule is COc1ccc(OCc2snnc2C(=O)N2CCOCC2)cc1. The Morgan fingerprint density at radius 3 is 2.65 bits per heavy atom. The highest BCUT2D eigenvalue weighted by molar-refractivity contribution is 7.05. The summed E-state index contributed by atoms with van der Waals surface area (Å²) in [6.45, 7) is 2.53. The number of rotatable bonds is 5. The number of methoxy groups -OCH3 is 1. The fourth-order valence-corrected chi connectivity index (χ4v) is 2.75. The van der Waals surface area contributed by atoms with E-state index in [1.54, 1.807) is 12.0 Å². The molecule has 0 radical (unpaired) electrons. The van der Waals surface area contributed by atoms with E-state index in [1.165, 1.54) is 11.5 Å². The Hall–Kier alpha value is -2.19. The van der Waals surface area contributed by atoms with Crippen LogP contribution in [0.5, 0.6) is 11.5 Å². The van der Waals surface area contributed by atoms with E-state index in [0.717, 1.165) is 10.6 Å². The molecule has 8 heteroatoms. The van der Waals surface area contributed by atoms with E-state index in [4.69, 9.17) is 14.2 Å². The van der Waals surface area contributed by atoms with E-state index < -0.39 is 0 Å². The van der Waals surface area contributed by atoms with E-state index in [-0.39, 0.29) is 12.5 Å². The van der Waals surface area contributed by atoms with Gasteiger partial charge < -0.3 is 19.1 Å². The normalized spacial score (nSPS) is 14.6. The van der Waals surface area contributed by atoms with Crippen molar-refractivity contribution < 1.29 is 19.0 Å². The van der Waals surface area contributed by atoms with Crippen molar-refractivity contribution >= 4 is 17.4 Å². The number of benzene rings is 1. The van der Waals surface area contributed by atoms with Crippen molar-refractivity contribution in [1.29, 1.82) is 0 Å². The first-order valence-corrected chi connectivity index (χ1v) is 8.00. The molecule has 2 aromatic rings. The molecule has 3 rings (SSSR count). The summed E-state index contributed by atoms with van der Waals surface area (Å²) in [6.07, 6.45) is 0. The molecule has 1 saturated heterocycles. The molecule has 1 aromatic heterocycles. The first kappa shape index (κ1) is 15.7. The number of hydrogen-bond donors (Lipinski definition) is 0. The fourth-order valence-electron chi connectivity index (χ4n) is 2.20. The Morgan fingerprint density at radius 2 is 1.96 bits per heavy atom. The average molecular weight is 335 g/mol. The number of ether oxygens (including phenoxy) is 3. The predicted octanol–water partition coefficient (Wildman–Crippen LogP) is 1.60. The third kappa shape index (κ3) is 3.77. The zero-order chi connectivity index (χ0) is 16.1. The predicted molar refractivity (Wildman–Crippen MR) is 84.0 cm³/mol. The van der Waals surface area contributed by atoms with E-state index >= 15 is 0 Å². The van der Waals surface area contributed by atoms with E-state index in [0.29, 0.717) is 37.7 Å². The molecule has 1 aromatic carbocycles. The molecule has 0 N–H and O–H groups in total. The van der Waals surface area contributed by atoms with Crippen LogP contribution in [0.2, 0.25) is 0 Å². The Morgan fingerprint density at radius 1 is 1.26 bits per heavy atom. The first-order valence-electron chi connectivity index (χ1n) is 7.23. The van der Waals surface area contributed by atoms with Gasteiger partial charge in [-0.25, -0.2) is 0 Å². The first-order chi connectivity index (χ1) is 11.3. The number of amides is 1. The lowest BCUT2D eigenvalue weighted by Gasteiger charge is -2.26. The van der Waals surface area contributed by atoms with Crippen LogP contribution in [0, 0.1) is 0 Å². The molecule has 0 saturated carbocycles. The van der Waals surface area contributed by atoms with Crippen molar-refractivity contribution in [2.75, 3.05) is 33.4 Å². The van der Waals surface area contributed by atoms with Gasteiger partial charge >= 0.3 is 0 Å². The topological polar surface area (TPSA) is 73.8 Å². The molecule has 1 fully saturated rings. The second-order valence-electron chi connectivity index (χ2n) is 4.91. The van der Waals surface area contributed by atoms with E-state index in [1.807, 2.05) is 24.3 Å². The number of nitrogens with zero attached hydrogens (tertiary/aromatic N) is 3. The van der Waals surface area contributed by atoms with Gasteiger partial charge in [0.15, 0.2) is 5.69 Å². The highest BCUT2D eigenvalue weighted by Crippen LogP contribution is 2.20. The maximum absolute atomic E-state index is 12.5. The standard InChI is InChI=1S/C15H17N3O4S/c1-20-11-2-4-12(5-3-11)22-10-13-14(16-17-23-13)15(19)18-6-8-21-9-7-18/h2-5H,6-10H2,1H3. The lowest BCUT2D eigenvalue weighted by atomic mass is 10.3. The summed E-state index contributed by atoms with van der Waals surface area (Å²) in [4.78, 5) is 14.9. The summed E-state index contributed by atoms with van der Waals surface area (Å²) in [5, 5.41) is 3.97. The fraction of sp³-hybridized carbons (Fsp3) is 0.400. The zero-order valence-electron chi connectivity index (χ0n) is 12.7. The summed E-state index contributed by atoms with van der Waals surface area (Å²) in [5.74, 6) is 1.35. The molecule has 0 spiro atoms. The smallest absolute Gasteiger partial charge is 0.275 e. The summed E-state index contributed by atoms with van der Waals surface area (Å²) < 4.78 is 20.0. The quantitative estimate of drug-likeness (QED) is 0.826. The second kappa shape index (κ2) is 7.38. The molecule has 1 aliphatic rings. The van der Waals surface area contributed by atoms with Gasteiger partial charge in [-0.15, -0.1) is 5.10 Å². The van der Waals surface area contributed by atoms with Crippen LogP contribution in [0.4, 0.5) is 0 Å². The Balaban J connectivity index is 1.64. The van der Waals surface area contributed by atoms with Crippen LogP contribution >= 0.6 is 11.5 Å². The molecule has 7 nitrogen and oxygen atoms in total. The number of hydrogen-bond acceptors (Lipinski definition) is 7. The molecular weight excluding hydrogens is 318 g/mol. The van der Waals surface area contributed by atoms with Crippen LogP contribution in [0.25, 0.3) is 0 Å². The van der Waals surface area contributed by atoms with Gasteiger partial charge in [-0.05, 0) is 35.8 Å². The monoisotopic (exact) mass is 335 g/mol. The number of aromatic nitrogens is 2. The minimum absolute atomic E-state index is 0.115. The maximum Gasteiger partial charge on any atom is 0.275 e. The van der Waals surface area contributed by atoms with Crippen molar-refractivity contribution in [3.05, 3.63) is 34.8 Å². The van der Waals surface area contributed by atoms with Crippen molar-refractivity contribution in [1.82, 2.24) is 14.5 Å². The van der Waals surface area contributed by atoms with E-state index in [2.05, 4.69) is 9.59 Å². The molecule has 122 valence electrons. The Labute approximate surface area is 137 Å². The van der Waals surface area contributed by atoms with Gasteiger partial charge in [0.05, 0.1) is 25.2 Å². The Bertz CT molecular complexity index is 653. The van der Waals surface area contributed by atoms with Crippen molar-refractivity contribution in [2.24, 2.45) is 0 Å². The molecule has 0 bridgehead atoms. The molecule has 1 aliphatic heterocycles. The minimum Gasteiger partial charge on any atom is -0.497 e. The molecule has 2 heterocycles. The lowest BCUT2D eigenvalue weighted by Crippen LogP contribution is -2.41. The van der Waals surface area contributed by atoms with E-state index in [9.17, 15) is 4.79 Å². The number of carbonyl (C=O) groups excluding carboxylic acids is 1. The molecule has 0 atom stereocenters. The molecule has 0 unspecified atom stereocenters. The average Bonchev–Trinajstić information content (AvgIpc) is 3.09. The van der Waals surface area contributed by atoms with Crippen molar-refractivity contribution in [3.63, 3.8) is 0 Å². The Kier molecular flexibility index (Phi) is 5.04. The summed E-state index contributed by atoms with van der Waals surface area (Å²) >= 11 is 1.18. The van der Waals surface area contributed by atoms with Gasteiger partial charge in [-0.1, -0.05) is 4.49 Å². The third-order valence-electron chi connectivity index (χ3n) is 3.49. The largest absolute Gasteiger partial charge is 0.497 e. The molecule has 0 aliphatic carbocycles. The summed E-state index contributed by atoms with van der Waals surface area (Å²) in [7, 11) is 1.61. The van der Waals surface area contributed by atoms with Crippen LogP contribution in [0.3, 0.4) is 0 Å². The number of carbonyl (C=O) groups is 1. The van der Waals surface area contributed by atoms with Crippen LogP contribution in [-0.2, 0) is 11.3 Å². The van der Waals surface area contributed by atoms with Gasteiger partial charge in [0.1, 0.15) is 18.1 Å². The van der Waals surface area contributed by atoms with Crippen molar-refractivity contribution in [2.45, 2.75) is 6.61 Å². The van der Waals surface area contributed by atoms with Crippen LogP contribution in [0.1, 0.15) is 15.4 Å². The lowest BCUT2D eigenvalue weighted by molar-refractivity contribution is 0.0297. The number of morpholine rings is 1. The van der Waals surface area contributed by atoms with Crippen LogP contribution in [0.15, 0.2) is 24.3 Å². The van der Waals surface area contributed by atoms with Gasteiger partial charge in [-0.3, -0.25) is 4.79 Å². The molecular formula is C15H17N3O4S. The highest BCUT2D eigenvalue weighted by Gasteiger charge is 2.24. The molecule has 1 amide bonds. The maximum atomic E-state index is 12.5. The molecule has 23 heavy (non-hydrogen) atoms. The summed E-state index contributed by atoms with van der Waals surface area (Å²) in [6, 6.07) is 7.27. The van der Waals surface area contributed by atoms with Crippen LogP contribution < -0.4 is 9.47 Å².